The molecule has 2 unspecified atom stereocenters. The summed E-state index contributed by atoms with van der Waals surface area (Å²) in [7, 11) is -2.86. The predicted molar refractivity (Wildman–Crippen MR) is 80.5 cm³/mol. The first-order chi connectivity index (χ1) is 9.55. The quantitative estimate of drug-likeness (QED) is 0.760. The summed E-state index contributed by atoms with van der Waals surface area (Å²) in [6, 6.07) is 5.86. The maximum Gasteiger partial charge on any atom is 0.161 e. The Morgan fingerprint density at radius 2 is 1.95 bits per heavy atom. The molecule has 1 fully saturated rings. The van der Waals surface area contributed by atoms with Crippen molar-refractivity contribution < 1.29 is 17.9 Å². The highest BCUT2D eigenvalue weighted by atomic mass is 79.9. The zero-order chi connectivity index (χ0) is 14.2. The third-order valence-corrected chi connectivity index (χ3v) is 6.84. The van der Waals surface area contributed by atoms with Crippen LogP contribution in [0.3, 0.4) is 0 Å². The summed E-state index contributed by atoms with van der Waals surface area (Å²) in [5, 5.41) is 0. The van der Waals surface area contributed by atoms with Crippen molar-refractivity contribution in [2.24, 2.45) is 5.92 Å². The second kappa shape index (κ2) is 5.56. The summed E-state index contributed by atoms with van der Waals surface area (Å²) in [6.07, 6.45) is 1.59. The van der Waals surface area contributed by atoms with Crippen molar-refractivity contribution in [3.8, 4) is 11.5 Å². The second-order valence-electron chi connectivity index (χ2n) is 5.32. The molecule has 2 atom stereocenters. The van der Waals surface area contributed by atoms with E-state index in [-0.39, 0.29) is 16.5 Å². The van der Waals surface area contributed by atoms with E-state index < -0.39 is 9.84 Å². The lowest BCUT2D eigenvalue weighted by Gasteiger charge is -2.18. The molecule has 1 aromatic carbocycles. The van der Waals surface area contributed by atoms with E-state index >= 15 is 0 Å². The van der Waals surface area contributed by atoms with Crippen LogP contribution in [0, 0.1) is 5.92 Å². The van der Waals surface area contributed by atoms with Gasteiger partial charge in [-0.2, -0.15) is 0 Å². The number of hydrogen-bond acceptors (Lipinski definition) is 4. The van der Waals surface area contributed by atoms with Gasteiger partial charge in [0.15, 0.2) is 21.3 Å². The average Bonchev–Trinajstić information content (AvgIpc) is 2.65. The second-order valence-corrected chi connectivity index (χ2v) is 8.54. The molecule has 1 saturated heterocycles. The van der Waals surface area contributed by atoms with Crippen molar-refractivity contribution in [3.05, 3.63) is 23.8 Å². The Morgan fingerprint density at radius 1 is 1.20 bits per heavy atom. The van der Waals surface area contributed by atoms with Crippen LogP contribution in [0.5, 0.6) is 11.5 Å². The van der Waals surface area contributed by atoms with Gasteiger partial charge in [-0.3, -0.25) is 0 Å². The van der Waals surface area contributed by atoms with Gasteiger partial charge in [-0.05, 0) is 30.0 Å². The Morgan fingerprint density at radius 3 is 2.65 bits per heavy atom. The summed E-state index contributed by atoms with van der Waals surface area (Å²) < 4.78 is 34.5. The van der Waals surface area contributed by atoms with Crippen LogP contribution < -0.4 is 9.47 Å². The van der Waals surface area contributed by atoms with E-state index in [9.17, 15) is 8.42 Å². The van der Waals surface area contributed by atoms with E-state index in [0.717, 1.165) is 23.5 Å². The standard InChI is InChI=1S/C14H17BrO4S/c15-14(11-4-7-20(16,17)9-11)10-2-3-12-13(8-10)19-6-1-5-18-12/h2-3,8,11,14H,1,4-7,9H2. The first-order valence-electron chi connectivity index (χ1n) is 6.79. The largest absolute Gasteiger partial charge is 0.490 e. The predicted octanol–water partition coefficient (Wildman–Crippen LogP) is 2.72. The van der Waals surface area contributed by atoms with Gasteiger partial charge in [0.1, 0.15) is 0 Å². The fourth-order valence-electron chi connectivity index (χ4n) is 2.68. The van der Waals surface area contributed by atoms with Crippen LogP contribution in [0.25, 0.3) is 0 Å². The SMILES string of the molecule is O=S1(=O)CCC(C(Br)c2ccc3c(c2)OCCCO3)C1. The molecule has 0 aromatic heterocycles. The summed E-state index contributed by atoms with van der Waals surface area (Å²) in [6.45, 7) is 1.33. The van der Waals surface area contributed by atoms with E-state index in [1.165, 1.54) is 0 Å². The molecule has 2 aliphatic rings. The average molecular weight is 361 g/mol. The molecule has 2 heterocycles. The third kappa shape index (κ3) is 2.96. The van der Waals surface area contributed by atoms with Crippen LogP contribution in [-0.4, -0.2) is 33.1 Å². The number of rotatable bonds is 2. The minimum absolute atomic E-state index is 0.0388. The maximum atomic E-state index is 11.6. The van der Waals surface area contributed by atoms with Gasteiger partial charge in [0.25, 0.3) is 0 Å². The molecule has 0 spiro atoms. The highest BCUT2D eigenvalue weighted by Crippen LogP contribution is 2.41. The van der Waals surface area contributed by atoms with Gasteiger partial charge in [-0.15, -0.1) is 0 Å². The monoisotopic (exact) mass is 360 g/mol. The molecule has 0 radical (unpaired) electrons. The Labute approximate surface area is 127 Å². The van der Waals surface area contributed by atoms with E-state index in [1.807, 2.05) is 18.2 Å². The fourth-order valence-corrected chi connectivity index (χ4v) is 5.50. The summed E-state index contributed by atoms with van der Waals surface area (Å²) in [5.74, 6) is 2.21. The van der Waals surface area contributed by atoms with Crippen LogP contribution >= 0.6 is 15.9 Å². The van der Waals surface area contributed by atoms with E-state index in [4.69, 9.17) is 9.47 Å². The molecule has 0 N–H and O–H groups in total. The number of fused-ring (bicyclic) bond motifs is 1. The van der Waals surface area contributed by atoms with Gasteiger partial charge in [0.2, 0.25) is 0 Å². The molecule has 6 heteroatoms. The zero-order valence-corrected chi connectivity index (χ0v) is 13.5. The van der Waals surface area contributed by atoms with Crippen LogP contribution in [0.15, 0.2) is 18.2 Å². The number of alkyl halides is 1. The number of hydrogen-bond donors (Lipinski definition) is 0. The molecule has 0 amide bonds. The van der Waals surface area contributed by atoms with E-state index in [1.54, 1.807) is 0 Å². The van der Waals surface area contributed by atoms with Crippen molar-refractivity contribution in [2.45, 2.75) is 17.7 Å². The zero-order valence-electron chi connectivity index (χ0n) is 11.0. The molecule has 0 saturated carbocycles. The van der Waals surface area contributed by atoms with Gasteiger partial charge in [0.05, 0.1) is 24.7 Å². The van der Waals surface area contributed by atoms with Crippen LogP contribution in [0.4, 0.5) is 0 Å². The summed E-state index contributed by atoms with van der Waals surface area (Å²) in [5.41, 5.74) is 1.05. The van der Waals surface area contributed by atoms with Crippen molar-refractivity contribution in [1.29, 1.82) is 0 Å². The molecule has 20 heavy (non-hydrogen) atoms. The molecular formula is C14H17BrO4S. The van der Waals surface area contributed by atoms with Crippen molar-refractivity contribution in [3.63, 3.8) is 0 Å². The van der Waals surface area contributed by atoms with Gasteiger partial charge in [-0.1, -0.05) is 22.0 Å². The first kappa shape index (κ1) is 14.2. The number of benzene rings is 1. The molecule has 0 aliphatic carbocycles. The minimum atomic E-state index is -2.86. The van der Waals surface area contributed by atoms with Crippen molar-refractivity contribution in [1.82, 2.24) is 0 Å². The molecular weight excluding hydrogens is 344 g/mol. The van der Waals surface area contributed by atoms with Gasteiger partial charge in [0, 0.05) is 11.2 Å². The lowest BCUT2D eigenvalue weighted by molar-refractivity contribution is 0.297. The fraction of sp³-hybridized carbons (Fsp3) is 0.571. The lowest BCUT2D eigenvalue weighted by Crippen LogP contribution is -2.10. The maximum absolute atomic E-state index is 11.6. The normalized spacial score (nSPS) is 25.9. The Hall–Kier alpha value is -0.750. The first-order valence-corrected chi connectivity index (χ1v) is 9.53. The highest BCUT2D eigenvalue weighted by Gasteiger charge is 2.33. The topological polar surface area (TPSA) is 52.6 Å². The van der Waals surface area contributed by atoms with Crippen LogP contribution in [0.2, 0.25) is 0 Å². The summed E-state index contributed by atoms with van der Waals surface area (Å²) >= 11 is 3.65. The molecule has 0 bridgehead atoms. The minimum Gasteiger partial charge on any atom is -0.490 e. The number of ether oxygens (including phenoxy) is 2. The lowest BCUT2D eigenvalue weighted by atomic mass is 9.98. The molecule has 2 aliphatic heterocycles. The smallest absolute Gasteiger partial charge is 0.161 e. The van der Waals surface area contributed by atoms with Gasteiger partial charge < -0.3 is 9.47 Å². The van der Waals surface area contributed by atoms with Gasteiger partial charge in [-0.25, -0.2) is 8.42 Å². The Bertz CT molecular complexity index is 599. The van der Waals surface area contributed by atoms with Gasteiger partial charge >= 0.3 is 0 Å². The third-order valence-electron chi connectivity index (χ3n) is 3.77. The highest BCUT2D eigenvalue weighted by molar-refractivity contribution is 9.09. The number of sulfone groups is 1. The molecule has 4 nitrogen and oxygen atoms in total. The van der Waals surface area contributed by atoms with Crippen LogP contribution in [0.1, 0.15) is 23.2 Å². The molecule has 110 valence electrons. The molecule has 1 aromatic rings. The van der Waals surface area contributed by atoms with Crippen LogP contribution in [-0.2, 0) is 9.84 Å². The Kier molecular flexibility index (Phi) is 3.95. The molecule has 3 rings (SSSR count). The van der Waals surface area contributed by atoms with E-state index in [0.29, 0.717) is 25.4 Å². The summed E-state index contributed by atoms with van der Waals surface area (Å²) in [4.78, 5) is 0.0388. The van der Waals surface area contributed by atoms with Crippen molar-refractivity contribution >= 4 is 25.8 Å². The van der Waals surface area contributed by atoms with Crippen molar-refractivity contribution in [2.75, 3.05) is 24.7 Å². The number of halogens is 1. The van der Waals surface area contributed by atoms with E-state index in [2.05, 4.69) is 15.9 Å². The Balaban J connectivity index is 1.82.